The Morgan fingerprint density at radius 1 is 1.12 bits per heavy atom. The average molecular weight is 583 g/mol. The molecular weight excluding hydrogens is 551 g/mol. The van der Waals surface area contributed by atoms with E-state index >= 15 is 0 Å². The summed E-state index contributed by atoms with van der Waals surface area (Å²) >= 11 is 1.20. The largest absolute Gasteiger partial charge is 0.461 e. The molecular formula is C28H31F5N4O2S. The van der Waals surface area contributed by atoms with Gasteiger partial charge in [-0.2, -0.15) is 13.2 Å². The molecule has 4 rings (SSSR count). The van der Waals surface area contributed by atoms with E-state index in [1.54, 1.807) is 17.0 Å². The second kappa shape index (κ2) is 13.4. The van der Waals surface area contributed by atoms with Gasteiger partial charge in [-0.25, -0.2) is 8.78 Å². The van der Waals surface area contributed by atoms with Crippen LogP contribution in [-0.4, -0.2) is 78.0 Å². The van der Waals surface area contributed by atoms with E-state index in [1.807, 2.05) is 25.1 Å². The molecule has 216 valence electrons. The number of anilines is 3. The van der Waals surface area contributed by atoms with Gasteiger partial charge < -0.3 is 29.9 Å². The molecule has 0 spiro atoms. The van der Waals surface area contributed by atoms with Crippen LogP contribution >= 0.6 is 11.3 Å². The van der Waals surface area contributed by atoms with Crippen LogP contribution in [0, 0.1) is 17.7 Å². The summed E-state index contributed by atoms with van der Waals surface area (Å²) in [5.74, 6) is 5.30. The van der Waals surface area contributed by atoms with E-state index in [4.69, 9.17) is 9.47 Å². The van der Waals surface area contributed by atoms with Crippen molar-refractivity contribution < 1.29 is 31.4 Å². The van der Waals surface area contributed by atoms with Gasteiger partial charge in [-0.05, 0) is 31.1 Å². The highest BCUT2D eigenvalue weighted by Gasteiger charge is 2.31. The lowest BCUT2D eigenvalue weighted by molar-refractivity contribution is -0.126. The first kappa shape index (κ1) is 29.7. The van der Waals surface area contributed by atoms with Gasteiger partial charge >= 0.3 is 6.18 Å². The highest BCUT2D eigenvalue weighted by atomic mass is 32.1. The van der Waals surface area contributed by atoms with Gasteiger partial charge in [0.2, 0.25) is 6.86 Å². The number of likely N-dealkylation sites (N-methyl/N-ethyl adjacent to an activating group) is 1. The number of thiophene rings is 1. The van der Waals surface area contributed by atoms with Gasteiger partial charge in [-0.15, -0.1) is 11.3 Å². The summed E-state index contributed by atoms with van der Waals surface area (Å²) in [5, 5.41) is 6.72. The number of morpholine rings is 1. The zero-order valence-corrected chi connectivity index (χ0v) is 23.1. The molecule has 0 bridgehead atoms. The molecule has 1 saturated heterocycles. The molecule has 0 aliphatic carbocycles. The molecule has 1 fully saturated rings. The minimum atomic E-state index is -4.41. The fourth-order valence-corrected chi connectivity index (χ4v) is 5.55. The number of alkyl halides is 4. The van der Waals surface area contributed by atoms with Crippen molar-refractivity contribution in [2.45, 2.75) is 12.6 Å². The highest BCUT2D eigenvalue weighted by molar-refractivity contribution is 7.20. The van der Waals surface area contributed by atoms with Gasteiger partial charge in [0.05, 0.1) is 52.8 Å². The standard InChI is InChI=1S/C28H31F5N4O2S/c1-36(2)10-9-35-22-6-3-5-19-20(17-28(31,32)33)26(40-27(19)22)7-4-8-34-23-15-21(30)24(16-25(23)39-18-29)37-11-13-38-14-12-37/h3,5-6,15-16,34-35H,8-14,17-18H2,1-2H3. The first-order valence-electron chi connectivity index (χ1n) is 12.7. The molecule has 1 aliphatic heterocycles. The molecule has 2 heterocycles. The Balaban J connectivity index is 1.57. The maximum atomic E-state index is 14.9. The summed E-state index contributed by atoms with van der Waals surface area (Å²) < 4.78 is 79.5. The van der Waals surface area contributed by atoms with E-state index in [0.29, 0.717) is 47.8 Å². The van der Waals surface area contributed by atoms with Crippen molar-refractivity contribution in [3.8, 4) is 17.6 Å². The lowest BCUT2D eigenvalue weighted by Gasteiger charge is -2.29. The quantitative estimate of drug-likeness (QED) is 0.236. The first-order valence-corrected chi connectivity index (χ1v) is 13.6. The van der Waals surface area contributed by atoms with Gasteiger partial charge in [-0.3, -0.25) is 0 Å². The van der Waals surface area contributed by atoms with E-state index in [-0.39, 0.29) is 29.2 Å². The normalized spacial score (nSPS) is 13.8. The van der Waals surface area contributed by atoms with Crippen molar-refractivity contribution in [3.63, 3.8) is 0 Å². The molecule has 0 radical (unpaired) electrons. The number of fused-ring (bicyclic) bond motifs is 1. The SMILES string of the molecule is CN(C)CCNc1cccc2c(CC(F)(F)F)c(C#CCNc3cc(F)c(N4CCOCC4)cc3OCF)sc12. The third-order valence-corrected chi connectivity index (χ3v) is 7.45. The number of ether oxygens (including phenoxy) is 2. The second-order valence-corrected chi connectivity index (χ2v) is 10.4. The molecule has 2 aromatic carbocycles. The summed E-state index contributed by atoms with van der Waals surface area (Å²) in [5.41, 5.74) is 1.35. The Bertz CT molecular complexity index is 1360. The number of halogens is 5. The molecule has 0 saturated carbocycles. The van der Waals surface area contributed by atoms with Crippen LogP contribution in [0.15, 0.2) is 30.3 Å². The monoisotopic (exact) mass is 582 g/mol. The maximum absolute atomic E-state index is 14.9. The summed E-state index contributed by atoms with van der Waals surface area (Å²) in [4.78, 5) is 4.11. The maximum Gasteiger partial charge on any atom is 0.393 e. The number of rotatable bonds is 10. The van der Waals surface area contributed by atoms with Crippen molar-refractivity contribution in [2.75, 3.05) is 82.4 Å². The lowest BCUT2D eigenvalue weighted by Crippen LogP contribution is -2.36. The van der Waals surface area contributed by atoms with Crippen LogP contribution in [0.25, 0.3) is 10.1 Å². The zero-order valence-electron chi connectivity index (χ0n) is 22.3. The van der Waals surface area contributed by atoms with E-state index in [9.17, 15) is 22.0 Å². The first-order chi connectivity index (χ1) is 19.2. The molecule has 2 N–H and O–H groups in total. The molecule has 40 heavy (non-hydrogen) atoms. The van der Waals surface area contributed by atoms with Crippen LogP contribution in [0.1, 0.15) is 10.4 Å². The van der Waals surface area contributed by atoms with Gasteiger partial charge in [0.1, 0.15) is 11.6 Å². The van der Waals surface area contributed by atoms with E-state index in [0.717, 1.165) is 12.2 Å². The van der Waals surface area contributed by atoms with Gasteiger partial charge in [-0.1, -0.05) is 24.0 Å². The average Bonchev–Trinajstić information content (AvgIpc) is 3.24. The van der Waals surface area contributed by atoms with E-state index < -0.39 is 25.3 Å². The smallest absolute Gasteiger partial charge is 0.393 e. The van der Waals surface area contributed by atoms with Gasteiger partial charge in [0.15, 0.2) is 0 Å². The number of hydrogen-bond acceptors (Lipinski definition) is 7. The predicted octanol–water partition coefficient (Wildman–Crippen LogP) is 5.72. The Morgan fingerprint density at radius 2 is 1.90 bits per heavy atom. The molecule has 0 unspecified atom stereocenters. The Hall–Kier alpha value is -3.27. The molecule has 0 amide bonds. The second-order valence-electron chi connectivity index (χ2n) is 9.42. The van der Waals surface area contributed by atoms with Crippen LogP contribution in [0.4, 0.5) is 39.0 Å². The molecule has 1 aliphatic rings. The molecule has 3 aromatic rings. The van der Waals surface area contributed by atoms with Crippen LogP contribution < -0.4 is 20.3 Å². The minimum Gasteiger partial charge on any atom is -0.461 e. The summed E-state index contributed by atoms with van der Waals surface area (Å²) in [6.45, 7) is 2.16. The van der Waals surface area contributed by atoms with Crippen molar-refractivity contribution in [2.24, 2.45) is 0 Å². The summed E-state index contributed by atoms with van der Waals surface area (Å²) in [7, 11) is 3.88. The number of nitrogens with one attached hydrogen (secondary N) is 2. The Kier molecular flexibility index (Phi) is 9.95. The zero-order chi connectivity index (χ0) is 28.7. The molecule has 1 aromatic heterocycles. The van der Waals surface area contributed by atoms with Crippen LogP contribution in [0.3, 0.4) is 0 Å². The molecule has 6 nitrogen and oxygen atoms in total. The van der Waals surface area contributed by atoms with Crippen LogP contribution in [0.5, 0.6) is 5.75 Å². The van der Waals surface area contributed by atoms with Crippen molar-refractivity contribution in [1.29, 1.82) is 0 Å². The Morgan fingerprint density at radius 3 is 2.60 bits per heavy atom. The number of benzene rings is 2. The molecule has 12 heteroatoms. The van der Waals surface area contributed by atoms with E-state index in [2.05, 4.69) is 22.5 Å². The number of nitrogens with zero attached hydrogens (tertiary/aromatic N) is 2. The van der Waals surface area contributed by atoms with Crippen LogP contribution in [-0.2, 0) is 11.2 Å². The van der Waals surface area contributed by atoms with Crippen LogP contribution in [0.2, 0.25) is 0 Å². The third kappa shape index (κ3) is 7.68. The van der Waals surface area contributed by atoms with Crippen molar-refractivity contribution >= 4 is 38.5 Å². The fraction of sp³-hybridized carbons (Fsp3) is 0.429. The summed E-state index contributed by atoms with van der Waals surface area (Å²) in [6.07, 6.45) is -5.51. The molecule has 0 atom stereocenters. The lowest BCUT2D eigenvalue weighted by atomic mass is 10.1. The topological polar surface area (TPSA) is 49.0 Å². The van der Waals surface area contributed by atoms with Gasteiger partial charge in [0, 0.05) is 38.3 Å². The van der Waals surface area contributed by atoms with E-state index in [1.165, 1.54) is 23.5 Å². The van der Waals surface area contributed by atoms with Crippen molar-refractivity contribution in [1.82, 2.24) is 4.90 Å². The third-order valence-electron chi connectivity index (χ3n) is 6.25. The number of hydrogen-bond donors (Lipinski definition) is 2. The fourth-order valence-electron chi connectivity index (χ4n) is 4.37. The van der Waals surface area contributed by atoms with Gasteiger partial charge in [0.25, 0.3) is 0 Å². The predicted molar refractivity (Wildman–Crippen MR) is 150 cm³/mol. The highest BCUT2D eigenvalue weighted by Crippen LogP contribution is 2.39. The summed E-state index contributed by atoms with van der Waals surface area (Å²) in [6, 6.07) is 7.87. The minimum absolute atomic E-state index is 0.0212. The Labute approximate surface area is 234 Å². The van der Waals surface area contributed by atoms with Crippen molar-refractivity contribution in [3.05, 3.63) is 46.6 Å².